The summed E-state index contributed by atoms with van der Waals surface area (Å²) in [5.74, 6) is -0.126. The lowest BCUT2D eigenvalue weighted by atomic mass is 10.1. The molecule has 0 spiro atoms. The predicted molar refractivity (Wildman–Crippen MR) is 69.0 cm³/mol. The van der Waals surface area contributed by atoms with Gasteiger partial charge in [-0.1, -0.05) is 11.6 Å². The second kappa shape index (κ2) is 3.40. The average molecular weight is 274 g/mol. The van der Waals surface area contributed by atoms with E-state index in [0.29, 0.717) is 16.3 Å². The monoisotopic (exact) mass is 273 g/mol. The van der Waals surface area contributed by atoms with Crippen LogP contribution in [0.1, 0.15) is 17.3 Å². The first-order valence-electron chi connectivity index (χ1n) is 4.96. The van der Waals surface area contributed by atoms with E-state index in [1.807, 2.05) is 0 Å². The second-order valence-corrected chi connectivity index (χ2v) is 8.84. The highest BCUT2D eigenvalue weighted by molar-refractivity contribution is 8.41. The van der Waals surface area contributed by atoms with Crippen LogP contribution in [-0.4, -0.2) is 27.1 Å². The molecule has 0 unspecified atom stereocenters. The molecule has 1 fully saturated rings. The summed E-state index contributed by atoms with van der Waals surface area (Å²) in [6.07, 6.45) is 1.42. The molecule has 1 aliphatic heterocycles. The molecule has 0 amide bonds. The van der Waals surface area contributed by atoms with Crippen molar-refractivity contribution in [2.45, 2.75) is 6.92 Å². The first-order valence-corrected chi connectivity index (χ1v) is 7.88. The third-order valence-electron chi connectivity index (χ3n) is 2.70. The van der Waals surface area contributed by atoms with E-state index in [0.717, 1.165) is 0 Å². The van der Waals surface area contributed by atoms with Crippen LogP contribution in [0.2, 0.25) is 5.02 Å². The van der Waals surface area contributed by atoms with Gasteiger partial charge in [-0.05, 0) is 25.1 Å². The van der Waals surface area contributed by atoms with E-state index in [9.17, 15) is 13.8 Å². The minimum absolute atomic E-state index is 0.0508. The Bertz CT molecular complexity index is 611. The topological polar surface area (TPSA) is 63.2 Å². The molecule has 0 aromatic heterocycles. The lowest BCUT2D eigenvalue weighted by molar-refractivity contribution is -0.106. The number of ketones is 1. The maximum Gasteiger partial charge on any atom is 0.227 e. The average Bonchev–Trinajstić information content (AvgIpc) is 2.70. The summed E-state index contributed by atoms with van der Waals surface area (Å²) >= 11 is 5.86. The zero-order valence-electron chi connectivity index (χ0n) is 9.45. The number of carbonyl (C=O) groups is 2. The molecule has 0 atom stereocenters. The van der Waals surface area contributed by atoms with Crippen molar-refractivity contribution in [2.75, 3.05) is 16.7 Å². The fraction of sp³-hybridized carbons (Fsp3) is 0.273. The van der Waals surface area contributed by atoms with Gasteiger partial charge in [0.15, 0.2) is 5.78 Å². The van der Waals surface area contributed by atoms with Gasteiger partial charge in [-0.3, -0.25) is 13.8 Å². The Labute approximate surface area is 104 Å². The molecule has 1 aliphatic rings. The number of rotatable bonds is 3. The standard InChI is InChI=1S/C11H12ClNO3S/c1-7(14)9-5-8(3-4-10(9)12)13-17(2,16)6-11(17)15/h3-5H,6H2,1-2H3,(H,13,16). The van der Waals surface area contributed by atoms with Gasteiger partial charge >= 0.3 is 0 Å². The summed E-state index contributed by atoms with van der Waals surface area (Å²) in [5.41, 5.74) is 0.825. The molecule has 17 heavy (non-hydrogen) atoms. The van der Waals surface area contributed by atoms with Crippen LogP contribution in [0.25, 0.3) is 0 Å². The smallest absolute Gasteiger partial charge is 0.227 e. The highest BCUT2D eigenvalue weighted by Gasteiger charge is 2.56. The van der Waals surface area contributed by atoms with Crippen molar-refractivity contribution < 1.29 is 13.8 Å². The molecule has 1 heterocycles. The molecule has 6 heteroatoms. The largest absolute Gasteiger partial charge is 0.319 e. The van der Waals surface area contributed by atoms with Crippen molar-refractivity contribution in [1.82, 2.24) is 0 Å². The summed E-state index contributed by atoms with van der Waals surface area (Å²) < 4.78 is 14.9. The zero-order chi connectivity index (χ0) is 12.9. The number of hydrogen-bond donors (Lipinski definition) is 1. The van der Waals surface area contributed by atoms with Crippen LogP contribution < -0.4 is 4.72 Å². The molecule has 0 aliphatic carbocycles. The van der Waals surface area contributed by atoms with Gasteiger partial charge < -0.3 is 4.72 Å². The van der Waals surface area contributed by atoms with Gasteiger partial charge in [0, 0.05) is 26.8 Å². The number of Topliss-reactive ketones (excluding diaryl/α,β-unsaturated/α-hetero) is 1. The summed E-state index contributed by atoms with van der Waals surface area (Å²) in [6.45, 7) is 1.40. The minimum Gasteiger partial charge on any atom is -0.319 e. The van der Waals surface area contributed by atoms with Crippen LogP contribution in [0.4, 0.5) is 5.69 Å². The van der Waals surface area contributed by atoms with Gasteiger partial charge in [0.25, 0.3) is 0 Å². The predicted octanol–water partition coefficient (Wildman–Crippen LogP) is 1.86. The Morgan fingerprint density at radius 2 is 2.06 bits per heavy atom. The van der Waals surface area contributed by atoms with E-state index in [4.69, 9.17) is 11.6 Å². The molecule has 92 valence electrons. The van der Waals surface area contributed by atoms with E-state index in [2.05, 4.69) is 4.72 Å². The molecule has 1 aromatic carbocycles. The molecular formula is C11H12ClNO3S. The highest BCUT2D eigenvalue weighted by atomic mass is 35.5. The molecule has 1 saturated heterocycles. The third-order valence-corrected chi connectivity index (χ3v) is 5.75. The van der Waals surface area contributed by atoms with E-state index in [-0.39, 0.29) is 16.7 Å². The van der Waals surface area contributed by atoms with Gasteiger partial charge in [0.2, 0.25) is 5.12 Å². The molecule has 1 aromatic rings. The Kier molecular flexibility index (Phi) is 2.45. The van der Waals surface area contributed by atoms with Crippen LogP contribution in [0.15, 0.2) is 18.2 Å². The van der Waals surface area contributed by atoms with Gasteiger partial charge in [-0.25, -0.2) is 0 Å². The maximum atomic E-state index is 12.2. The van der Waals surface area contributed by atoms with Crippen LogP contribution in [0, 0.1) is 0 Å². The van der Waals surface area contributed by atoms with E-state index < -0.39 is 9.25 Å². The minimum atomic E-state index is -3.34. The number of anilines is 1. The lowest BCUT2D eigenvalue weighted by Gasteiger charge is -2.19. The maximum absolute atomic E-state index is 12.2. The molecule has 0 radical (unpaired) electrons. The number of benzene rings is 1. The van der Waals surface area contributed by atoms with Crippen LogP contribution in [0.3, 0.4) is 0 Å². The zero-order valence-corrected chi connectivity index (χ0v) is 11.0. The summed E-state index contributed by atoms with van der Waals surface area (Å²) in [4.78, 5) is 22.5. The van der Waals surface area contributed by atoms with Crippen molar-refractivity contribution in [3.63, 3.8) is 0 Å². The fourth-order valence-corrected chi connectivity index (χ4v) is 3.88. The Morgan fingerprint density at radius 3 is 2.53 bits per heavy atom. The Balaban J connectivity index is 2.37. The summed E-state index contributed by atoms with van der Waals surface area (Å²) in [5, 5.41) is 0.0644. The normalized spacial score (nSPS) is 22.3. The van der Waals surface area contributed by atoms with Crippen molar-refractivity contribution >= 4 is 37.4 Å². The Hall–Kier alpha value is -1.20. The van der Waals surface area contributed by atoms with Gasteiger partial charge in [0.05, 0.1) is 10.8 Å². The number of halogens is 1. The number of hydrogen-bond acceptors (Lipinski definition) is 3. The number of nitrogens with one attached hydrogen (secondary N) is 1. The number of carbonyl (C=O) groups excluding carboxylic acids is 2. The molecule has 2 rings (SSSR count). The van der Waals surface area contributed by atoms with Crippen LogP contribution in [-0.2, 0) is 14.0 Å². The first kappa shape index (κ1) is 12.3. The van der Waals surface area contributed by atoms with Crippen molar-refractivity contribution in [2.24, 2.45) is 0 Å². The van der Waals surface area contributed by atoms with E-state index in [1.54, 1.807) is 12.1 Å². The van der Waals surface area contributed by atoms with Crippen LogP contribution in [0.5, 0.6) is 0 Å². The van der Waals surface area contributed by atoms with Gasteiger partial charge in [-0.15, -0.1) is 0 Å². The van der Waals surface area contributed by atoms with E-state index in [1.165, 1.54) is 19.2 Å². The second-order valence-electron chi connectivity index (χ2n) is 4.41. The van der Waals surface area contributed by atoms with E-state index >= 15 is 0 Å². The summed E-state index contributed by atoms with van der Waals surface area (Å²) in [7, 11) is -3.34. The quantitative estimate of drug-likeness (QED) is 0.675. The summed E-state index contributed by atoms with van der Waals surface area (Å²) in [6, 6.07) is 4.66. The fourth-order valence-electron chi connectivity index (χ4n) is 1.51. The lowest BCUT2D eigenvalue weighted by Crippen LogP contribution is -2.25. The van der Waals surface area contributed by atoms with Crippen molar-refractivity contribution in [3.05, 3.63) is 28.8 Å². The Morgan fingerprint density at radius 1 is 1.47 bits per heavy atom. The van der Waals surface area contributed by atoms with Crippen molar-refractivity contribution in [3.8, 4) is 0 Å². The molecule has 0 saturated carbocycles. The first-order chi connectivity index (χ1) is 7.71. The van der Waals surface area contributed by atoms with Crippen molar-refractivity contribution in [1.29, 1.82) is 0 Å². The SMILES string of the molecule is CC(=O)c1cc(NS2(C)(=O)CC2=O)ccc1Cl. The van der Waals surface area contributed by atoms with Crippen LogP contribution >= 0.6 is 11.6 Å². The highest BCUT2D eigenvalue weighted by Crippen LogP contribution is 2.39. The molecular weight excluding hydrogens is 262 g/mol. The molecule has 4 nitrogen and oxygen atoms in total. The third kappa shape index (κ3) is 2.12. The molecule has 1 N–H and O–H groups in total. The van der Waals surface area contributed by atoms with Gasteiger partial charge in [-0.2, -0.15) is 0 Å². The molecule has 0 bridgehead atoms. The van der Waals surface area contributed by atoms with Gasteiger partial charge in [0.1, 0.15) is 0 Å².